The topological polar surface area (TPSA) is 37.3 Å². The minimum atomic E-state index is -0.820. The van der Waals surface area contributed by atoms with Gasteiger partial charge in [0.2, 0.25) is 0 Å². The van der Waals surface area contributed by atoms with E-state index in [1.807, 2.05) is 0 Å². The Morgan fingerprint density at radius 1 is 1.41 bits per heavy atom. The molecule has 0 radical (unpaired) electrons. The zero-order valence-corrected chi connectivity index (χ0v) is 10.8. The fourth-order valence-electron chi connectivity index (χ4n) is 3.61. The van der Waals surface area contributed by atoms with Crippen LogP contribution in [0.3, 0.4) is 0 Å². The van der Waals surface area contributed by atoms with E-state index in [-0.39, 0.29) is 5.92 Å². The van der Waals surface area contributed by atoms with Gasteiger partial charge in [-0.15, -0.1) is 0 Å². The summed E-state index contributed by atoms with van der Waals surface area (Å²) in [5, 5.41) is 9.14. The average Bonchev–Trinajstić information content (AvgIpc) is 2.28. The van der Waals surface area contributed by atoms with Crippen molar-refractivity contribution in [2.45, 2.75) is 39.5 Å². The number of carboxylic acid groups (broad SMARTS) is 1. The van der Waals surface area contributed by atoms with E-state index in [2.05, 4.69) is 26.5 Å². The molecule has 2 heteroatoms. The summed E-state index contributed by atoms with van der Waals surface area (Å²) in [6, 6.07) is 0. The van der Waals surface area contributed by atoms with Crippen LogP contribution in [0.2, 0.25) is 0 Å². The highest BCUT2D eigenvalue weighted by Gasteiger charge is 2.39. The number of aliphatic carboxylic acids is 1. The molecule has 0 aromatic carbocycles. The standard InChI is InChI=1S/C15H22O2/c1-9-4-6-12-10(2)5-7-13(14(12)8-9)11(3)15(16)17/h8,10,12-14H,3-7H2,1-2H3,(H,16,17)/t10-,12-,13+,14-/m0/s1. The van der Waals surface area contributed by atoms with Crippen molar-refractivity contribution in [3.05, 3.63) is 23.8 Å². The lowest BCUT2D eigenvalue weighted by molar-refractivity contribution is -0.133. The Morgan fingerprint density at radius 3 is 2.76 bits per heavy atom. The van der Waals surface area contributed by atoms with Crippen LogP contribution >= 0.6 is 0 Å². The molecule has 0 heterocycles. The second-order valence-corrected chi connectivity index (χ2v) is 5.78. The fraction of sp³-hybridized carbons (Fsp3) is 0.667. The highest BCUT2D eigenvalue weighted by molar-refractivity contribution is 5.86. The Hall–Kier alpha value is -1.05. The number of fused-ring (bicyclic) bond motifs is 1. The summed E-state index contributed by atoms with van der Waals surface area (Å²) in [5.74, 6) is 1.13. The Bertz CT molecular complexity index is 367. The number of allylic oxidation sites excluding steroid dienone is 2. The predicted molar refractivity (Wildman–Crippen MR) is 68.6 cm³/mol. The van der Waals surface area contributed by atoms with Crippen LogP contribution in [0.25, 0.3) is 0 Å². The lowest BCUT2D eigenvalue weighted by Gasteiger charge is -2.43. The summed E-state index contributed by atoms with van der Waals surface area (Å²) in [4.78, 5) is 11.1. The molecule has 0 aliphatic heterocycles. The van der Waals surface area contributed by atoms with E-state index in [0.717, 1.165) is 18.8 Å². The smallest absolute Gasteiger partial charge is 0.331 e. The van der Waals surface area contributed by atoms with Crippen molar-refractivity contribution in [3.8, 4) is 0 Å². The third-order valence-electron chi connectivity index (χ3n) is 4.69. The van der Waals surface area contributed by atoms with Gasteiger partial charge in [0.1, 0.15) is 0 Å². The first-order chi connectivity index (χ1) is 8.00. The highest BCUT2D eigenvalue weighted by Crippen LogP contribution is 2.47. The zero-order chi connectivity index (χ0) is 12.6. The fourth-order valence-corrected chi connectivity index (χ4v) is 3.61. The van der Waals surface area contributed by atoms with E-state index in [9.17, 15) is 4.79 Å². The molecule has 1 saturated carbocycles. The Kier molecular flexibility index (Phi) is 3.41. The number of hydrogen-bond acceptors (Lipinski definition) is 1. The van der Waals surface area contributed by atoms with Crippen LogP contribution in [0.5, 0.6) is 0 Å². The Morgan fingerprint density at radius 2 is 2.12 bits per heavy atom. The summed E-state index contributed by atoms with van der Waals surface area (Å²) >= 11 is 0. The van der Waals surface area contributed by atoms with Gasteiger partial charge >= 0.3 is 5.97 Å². The van der Waals surface area contributed by atoms with Crippen LogP contribution in [0, 0.1) is 23.7 Å². The lowest BCUT2D eigenvalue weighted by atomic mass is 9.61. The molecule has 1 N–H and O–H groups in total. The van der Waals surface area contributed by atoms with Gasteiger partial charge in [-0.05, 0) is 56.3 Å². The molecule has 0 unspecified atom stereocenters. The van der Waals surface area contributed by atoms with Gasteiger partial charge < -0.3 is 5.11 Å². The third kappa shape index (κ3) is 2.31. The molecule has 0 bridgehead atoms. The van der Waals surface area contributed by atoms with Crippen molar-refractivity contribution < 1.29 is 9.90 Å². The van der Waals surface area contributed by atoms with Crippen LogP contribution in [-0.2, 0) is 4.79 Å². The zero-order valence-electron chi connectivity index (χ0n) is 10.8. The molecular weight excluding hydrogens is 212 g/mol. The molecular formula is C15H22O2. The maximum absolute atomic E-state index is 11.1. The first-order valence-electron chi connectivity index (χ1n) is 6.60. The van der Waals surface area contributed by atoms with Crippen LogP contribution in [0.1, 0.15) is 39.5 Å². The van der Waals surface area contributed by atoms with E-state index >= 15 is 0 Å². The van der Waals surface area contributed by atoms with Crippen molar-refractivity contribution in [1.29, 1.82) is 0 Å². The van der Waals surface area contributed by atoms with E-state index in [1.54, 1.807) is 0 Å². The van der Waals surface area contributed by atoms with Crippen LogP contribution in [-0.4, -0.2) is 11.1 Å². The van der Waals surface area contributed by atoms with Crippen LogP contribution in [0.15, 0.2) is 23.8 Å². The molecule has 0 aromatic rings. The molecule has 0 spiro atoms. The summed E-state index contributed by atoms with van der Waals surface area (Å²) < 4.78 is 0. The Balaban J connectivity index is 2.26. The van der Waals surface area contributed by atoms with E-state index < -0.39 is 5.97 Å². The van der Waals surface area contributed by atoms with Crippen molar-refractivity contribution in [2.75, 3.05) is 0 Å². The second-order valence-electron chi connectivity index (χ2n) is 5.78. The third-order valence-corrected chi connectivity index (χ3v) is 4.69. The SMILES string of the molecule is C=C(C(=O)O)[C@H]1CC[C@H](C)[C@@H]2CCC(C)=C[C@@H]21. The highest BCUT2D eigenvalue weighted by atomic mass is 16.4. The number of carboxylic acids is 1. The monoisotopic (exact) mass is 234 g/mol. The quantitative estimate of drug-likeness (QED) is 0.585. The first kappa shape index (κ1) is 12.4. The molecule has 2 aliphatic rings. The predicted octanol–water partition coefficient (Wildman–Crippen LogP) is 3.65. The Labute approximate surface area is 103 Å². The molecule has 1 fully saturated rings. The number of rotatable bonds is 2. The second kappa shape index (κ2) is 4.67. The van der Waals surface area contributed by atoms with Gasteiger partial charge in [0.25, 0.3) is 0 Å². The van der Waals surface area contributed by atoms with Crippen molar-refractivity contribution >= 4 is 5.97 Å². The van der Waals surface area contributed by atoms with Gasteiger partial charge in [0.05, 0.1) is 0 Å². The lowest BCUT2D eigenvalue weighted by Crippen LogP contribution is -2.36. The number of hydrogen-bond donors (Lipinski definition) is 1. The van der Waals surface area contributed by atoms with Crippen LogP contribution < -0.4 is 0 Å². The molecule has 4 atom stereocenters. The number of carbonyl (C=O) groups is 1. The summed E-state index contributed by atoms with van der Waals surface area (Å²) in [7, 11) is 0. The normalized spacial score (nSPS) is 36.9. The maximum atomic E-state index is 11.1. The van der Waals surface area contributed by atoms with Crippen molar-refractivity contribution in [1.82, 2.24) is 0 Å². The summed E-state index contributed by atoms with van der Waals surface area (Å²) in [6.07, 6.45) is 6.85. The van der Waals surface area contributed by atoms with Crippen molar-refractivity contribution in [2.24, 2.45) is 23.7 Å². The molecule has 2 nitrogen and oxygen atoms in total. The largest absolute Gasteiger partial charge is 0.478 e. The molecule has 0 aromatic heterocycles. The van der Waals surface area contributed by atoms with Crippen molar-refractivity contribution in [3.63, 3.8) is 0 Å². The maximum Gasteiger partial charge on any atom is 0.331 e. The van der Waals surface area contributed by atoms with Gasteiger partial charge in [-0.25, -0.2) is 4.79 Å². The van der Waals surface area contributed by atoms with Gasteiger partial charge in [0, 0.05) is 5.57 Å². The van der Waals surface area contributed by atoms with Gasteiger partial charge in [-0.3, -0.25) is 0 Å². The molecule has 0 amide bonds. The summed E-state index contributed by atoms with van der Waals surface area (Å²) in [6.45, 7) is 8.26. The van der Waals surface area contributed by atoms with E-state index in [1.165, 1.54) is 18.4 Å². The first-order valence-corrected chi connectivity index (χ1v) is 6.60. The van der Waals surface area contributed by atoms with Gasteiger partial charge in [-0.1, -0.05) is 25.2 Å². The average molecular weight is 234 g/mol. The molecule has 94 valence electrons. The summed E-state index contributed by atoms with van der Waals surface area (Å²) in [5.41, 5.74) is 1.83. The minimum absolute atomic E-state index is 0.156. The van der Waals surface area contributed by atoms with E-state index in [4.69, 9.17) is 5.11 Å². The minimum Gasteiger partial charge on any atom is -0.478 e. The van der Waals surface area contributed by atoms with Gasteiger partial charge in [-0.2, -0.15) is 0 Å². The molecule has 2 rings (SSSR count). The van der Waals surface area contributed by atoms with Gasteiger partial charge in [0.15, 0.2) is 0 Å². The molecule has 0 saturated heterocycles. The van der Waals surface area contributed by atoms with E-state index in [0.29, 0.717) is 17.4 Å². The van der Waals surface area contributed by atoms with Crippen LogP contribution in [0.4, 0.5) is 0 Å². The molecule has 2 aliphatic carbocycles. The molecule has 17 heavy (non-hydrogen) atoms.